The Balaban J connectivity index is 2.28. The van der Waals surface area contributed by atoms with E-state index in [0.29, 0.717) is 22.9 Å². The molecule has 1 aliphatic heterocycles. The van der Waals surface area contributed by atoms with Gasteiger partial charge < -0.3 is 15.4 Å². The third-order valence-corrected chi connectivity index (χ3v) is 3.89. The lowest BCUT2D eigenvalue weighted by atomic mass is 9.94. The van der Waals surface area contributed by atoms with Gasteiger partial charge in [0.05, 0.1) is 18.4 Å². The maximum atomic E-state index is 12.6. The van der Waals surface area contributed by atoms with Crippen LogP contribution in [0.4, 0.5) is 5.69 Å². The van der Waals surface area contributed by atoms with E-state index in [9.17, 15) is 4.79 Å². The summed E-state index contributed by atoms with van der Waals surface area (Å²) in [7, 11) is 1.56. The minimum atomic E-state index is 0.00968. The number of carbonyl (C=O) groups is 1. The molecule has 4 heteroatoms. The van der Waals surface area contributed by atoms with Gasteiger partial charge in [-0.05, 0) is 37.8 Å². The second-order valence-corrected chi connectivity index (χ2v) is 5.41. The minimum Gasteiger partial charge on any atom is -0.495 e. The third kappa shape index (κ3) is 2.67. The maximum absolute atomic E-state index is 12.6. The minimum absolute atomic E-state index is 0.00968. The first kappa shape index (κ1) is 13.7. The van der Waals surface area contributed by atoms with Gasteiger partial charge in [0.2, 0.25) is 0 Å². The number of benzene rings is 1. The molecule has 1 amide bonds. The molecule has 19 heavy (non-hydrogen) atoms. The van der Waals surface area contributed by atoms with Crippen LogP contribution in [-0.4, -0.2) is 30.5 Å². The van der Waals surface area contributed by atoms with Gasteiger partial charge in [0.25, 0.3) is 5.91 Å². The number of nitrogens with two attached hydrogens (primary N) is 1. The Morgan fingerprint density at radius 3 is 2.79 bits per heavy atom. The van der Waals surface area contributed by atoms with Crippen LogP contribution in [0.15, 0.2) is 18.2 Å². The molecule has 1 heterocycles. The fraction of sp³-hybridized carbons (Fsp3) is 0.533. The monoisotopic (exact) mass is 262 g/mol. The molecule has 0 radical (unpaired) electrons. The Labute approximate surface area is 114 Å². The number of methoxy groups -OCH3 is 1. The number of likely N-dealkylation sites (tertiary alicyclic amines) is 1. The van der Waals surface area contributed by atoms with Crippen molar-refractivity contribution in [1.29, 1.82) is 0 Å². The molecule has 0 spiro atoms. The molecule has 104 valence electrons. The summed E-state index contributed by atoms with van der Waals surface area (Å²) in [5.74, 6) is 1.12. The van der Waals surface area contributed by atoms with E-state index < -0.39 is 0 Å². The molecule has 2 rings (SSSR count). The summed E-state index contributed by atoms with van der Waals surface area (Å²) in [5.41, 5.74) is 6.98. The quantitative estimate of drug-likeness (QED) is 0.833. The van der Waals surface area contributed by atoms with Crippen molar-refractivity contribution < 1.29 is 9.53 Å². The first-order valence-electron chi connectivity index (χ1n) is 6.78. The predicted molar refractivity (Wildman–Crippen MR) is 76.3 cm³/mol. The molecule has 1 fully saturated rings. The number of rotatable bonds is 2. The number of carbonyl (C=O) groups excluding carboxylic acids is 1. The van der Waals surface area contributed by atoms with Crippen molar-refractivity contribution >= 4 is 11.6 Å². The number of nitrogens with zero attached hydrogens (tertiary/aromatic N) is 1. The van der Waals surface area contributed by atoms with Crippen LogP contribution < -0.4 is 10.5 Å². The summed E-state index contributed by atoms with van der Waals surface area (Å²) in [6, 6.07) is 5.62. The summed E-state index contributed by atoms with van der Waals surface area (Å²) in [5, 5.41) is 0. The molecule has 4 nitrogen and oxygen atoms in total. The van der Waals surface area contributed by atoms with Crippen molar-refractivity contribution in [3.8, 4) is 5.75 Å². The molecule has 1 saturated heterocycles. The van der Waals surface area contributed by atoms with E-state index in [1.165, 1.54) is 6.42 Å². The van der Waals surface area contributed by atoms with Crippen LogP contribution in [0, 0.1) is 5.92 Å². The topological polar surface area (TPSA) is 55.6 Å². The SMILES string of the molecule is COc1cccc(C(=O)N2CC(C)CCC2C)c1N. The van der Waals surface area contributed by atoms with Crippen LogP contribution in [0.1, 0.15) is 37.0 Å². The zero-order valence-electron chi connectivity index (χ0n) is 11.8. The Kier molecular flexibility index (Phi) is 3.98. The summed E-state index contributed by atoms with van der Waals surface area (Å²) in [4.78, 5) is 14.6. The fourth-order valence-corrected chi connectivity index (χ4v) is 2.63. The van der Waals surface area contributed by atoms with Crippen molar-refractivity contribution in [2.24, 2.45) is 5.92 Å². The predicted octanol–water partition coefficient (Wildman–Crippen LogP) is 2.54. The number of para-hydroxylation sites is 1. The lowest BCUT2D eigenvalue weighted by Gasteiger charge is -2.37. The average Bonchev–Trinajstić information content (AvgIpc) is 2.41. The molecule has 2 atom stereocenters. The molecular formula is C15H22N2O2. The molecule has 2 unspecified atom stereocenters. The first-order valence-corrected chi connectivity index (χ1v) is 6.78. The Morgan fingerprint density at radius 2 is 2.11 bits per heavy atom. The summed E-state index contributed by atoms with van der Waals surface area (Å²) < 4.78 is 5.18. The number of hydrogen-bond donors (Lipinski definition) is 1. The Morgan fingerprint density at radius 1 is 1.37 bits per heavy atom. The van der Waals surface area contributed by atoms with Crippen LogP contribution >= 0.6 is 0 Å². The van der Waals surface area contributed by atoms with Gasteiger partial charge in [-0.3, -0.25) is 4.79 Å². The normalized spacial score (nSPS) is 23.2. The first-order chi connectivity index (χ1) is 9.04. The van der Waals surface area contributed by atoms with Gasteiger partial charge in [0, 0.05) is 12.6 Å². The second kappa shape index (κ2) is 5.51. The second-order valence-electron chi connectivity index (χ2n) is 5.41. The van der Waals surface area contributed by atoms with Crippen LogP contribution in [-0.2, 0) is 0 Å². The Bertz CT molecular complexity index is 473. The highest BCUT2D eigenvalue weighted by molar-refractivity contribution is 6.00. The molecule has 0 aromatic heterocycles. The van der Waals surface area contributed by atoms with Gasteiger partial charge >= 0.3 is 0 Å². The molecule has 1 aromatic carbocycles. The van der Waals surface area contributed by atoms with Crippen molar-refractivity contribution in [2.75, 3.05) is 19.4 Å². The van der Waals surface area contributed by atoms with E-state index in [-0.39, 0.29) is 11.9 Å². The lowest BCUT2D eigenvalue weighted by Crippen LogP contribution is -2.45. The molecule has 2 N–H and O–H groups in total. The molecular weight excluding hydrogens is 240 g/mol. The Hall–Kier alpha value is -1.71. The number of amides is 1. The highest BCUT2D eigenvalue weighted by atomic mass is 16.5. The summed E-state index contributed by atoms with van der Waals surface area (Å²) >= 11 is 0. The summed E-state index contributed by atoms with van der Waals surface area (Å²) in [6.07, 6.45) is 2.23. The number of piperidine rings is 1. The van der Waals surface area contributed by atoms with Gasteiger partial charge in [-0.2, -0.15) is 0 Å². The van der Waals surface area contributed by atoms with Crippen molar-refractivity contribution in [2.45, 2.75) is 32.7 Å². The lowest BCUT2D eigenvalue weighted by molar-refractivity contribution is 0.0575. The van der Waals surface area contributed by atoms with Crippen LogP contribution in [0.25, 0.3) is 0 Å². The van der Waals surface area contributed by atoms with Crippen LogP contribution in [0.2, 0.25) is 0 Å². The van der Waals surface area contributed by atoms with Gasteiger partial charge in [-0.1, -0.05) is 13.0 Å². The van der Waals surface area contributed by atoms with Crippen molar-refractivity contribution in [3.05, 3.63) is 23.8 Å². The fourth-order valence-electron chi connectivity index (χ4n) is 2.63. The number of hydrogen-bond acceptors (Lipinski definition) is 3. The van der Waals surface area contributed by atoms with Gasteiger partial charge in [-0.25, -0.2) is 0 Å². The van der Waals surface area contributed by atoms with E-state index in [2.05, 4.69) is 13.8 Å². The van der Waals surface area contributed by atoms with Gasteiger partial charge in [0.1, 0.15) is 5.75 Å². The highest BCUT2D eigenvalue weighted by Crippen LogP contribution is 2.29. The van der Waals surface area contributed by atoms with Crippen LogP contribution in [0.3, 0.4) is 0 Å². The van der Waals surface area contributed by atoms with E-state index >= 15 is 0 Å². The van der Waals surface area contributed by atoms with E-state index in [1.807, 2.05) is 4.90 Å². The van der Waals surface area contributed by atoms with Crippen molar-refractivity contribution in [3.63, 3.8) is 0 Å². The molecule has 1 aromatic rings. The number of anilines is 1. The highest BCUT2D eigenvalue weighted by Gasteiger charge is 2.29. The van der Waals surface area contributed by atoms with E-state index in [0.717, 1.165) is 13.0 Å². The molecule has 0 bridgehead atoms. The van der Waals surface area contributed by atoms with Crippen LogP contribution in [0.5, 0.6) is 5.75 Å². The standard InChI is InChI=1S/C15H22N2O2/c1-10-7-8-11(2)17(9-10)15(18)12-5-4-6-13(19-3)14(12)16/h4-6,10-11H,7-9,16H2,1-3H3. The largest absolute Gasteiger partial charge is 0.495 e. The zero-order valence-corrected chi connectivity index (χ0v) is 11.8. The van der Waals surface area contributed by atoms with E-state index in [4.69, 9.17) is 10.5 Å². The molecule has 0 saturated carbocycles. The van der Waals surface area contributed by atoms with E-state index in [1.54, 1.807) is 25.3 Å². The zero-order chi connectivity index (χ0) is 14.0. The molecule has 1 aliphatic rings. The van der Waals surface area contributed by atoms with Gasteiger partial charge in [-0.15, -0.1) is 0 Å². The number of ether oxygens (including phenoxy) is 1. The molecule has 0 aliphatic carbocycles. The number of nitrogen functional groups attached to an aromatic ring is 1. The smallest absolute Gasteiger partial charge is 0.256 e. The average molecular weight is 262 g/mol. The van der Waals surface area contributed by atoms with Crippen molar-refractivity contribution in [1.82, 2.24) is 4.90 Å². The van der Waals surface area contributed by atoms with Gasteiger partial charge in [0.15, 0.2) is 0 Å². The maximum Gasteiger partial charge on any atom is 0.256 e. The summed E-state index contributed by atoms with van der Waals surface area (Å²) in [6.45, 7) is 5.08. The third-order valence-electron chi connectivity index (χ3n) is 3.89.